The molecule has 0 fully saturated rings. The van der Waals surface area contributed by atoms with Gasteiger partial charge in [0.1, 0.15) is 11.2 Å². The molecule has 0 N–H and O–H groups in total. The molecule has 0 unspecified atom stereocenters. The van der Waals surface area contributed by atoms with Crippen LogP contribution in [0.25, 0.3) is 132 Å². The van der Waals surface area contributed by atoms with Crippen molar-refractivity contribution in [3.63, 3.8) is 0 Å². The van der Waals surface area contributed by atoms with Gasteiger partial charge in [-0.2, -0.15) is 0 Å². The molecule has 59 heavy (non-hydrogen) atoms. The fourth-order valence-corrected chi connectivity index (χ4v) is 10.1. The summed E-state index contributed by atoms with van der Waals surface area (Å²) in [6, 6.07) is 65.2. The number of fused-ring (bicyclic) bond motifs is 15. The maximum Gasteiger partial charge on any atom is 0.235 e. The van der Waals surface area contributed by atoms with Gasteiger partial charge < -0.3 is 8.82 Å². The first kappa shape index (κ1) is 31.1. The normalized spacial score (nSPS) is 12.4. The van der Waals surface area contributed by atoms with E-state index >= 15 is 0 Å². The third-order valence-electron chi connectivity index (χ3n) is 12.7. The number of aromatic nitrogens is 4. The molecule has 0 saturated carbocycles. The summed E-state index contributed by atoms with van der Waals surface area (Å²) in [5.41, 5.74) is 12.6. The summed E-state index contributed by atoms with van der Waals surface area (Å²) >= 11 is 0. The lowest BCUT2D eigenvalue weighted by molar-refractivity contribution is 0.670. The molecule has 0 aliphatic heterocycles. The molecule has 0 spiro atoms. The quantitative estimate of drug-likeness (QED) is 0.169. The summed E-state index contributed by atoms with van der Waals surface area (Å²) < 4.78 is 11.3. The third-order valence-corrected chi connectivity index (χ3v) is 12.7. The van der Waals surface area contributed by atoms with Gasteiger partial charge in [0.05, 0.1) is 38.8 Å². The monoisotopic (exact) mass is 750 g/mol. The molecule has 5 nitrogen and oxygen atoms in total. The molecule has 272 valence electrons. The fourth-order valence-electron chi connectivity index (χ4n) is 10.1. The minimum Gasteiger partial charge on any atom is -0.455 e. The Balaban J connectivity index is 1.01. The Morgan fingerprint density at radius 3 is 1.83 bits per heavy atom. The van der Waals surface area contributed by atoms with Gasteiger partial charge in [-0.05, 0) is 71.1 Å². The minimum absolute atomic E-state index is 0.621. The van der Waals surface area contributed by atoms with E-state index in [4.69, 9.17) is 14.4 Å². The van der Waals surface area contributed by atoms with Crippen LogP contribution in [0.4, 0.5) is 0 Å². The molecule has 14 aromatic rings. The molecule has 0 saturated heterocycles. The van der Waals surface area contributed by atoms with Crippen molar-refractivity contribution in [2.45, 2.75) is 0 Å². The topological polar surface area (TPSA) is 48.3 Å². The van der Waals surface area contributed by atoms with Crippen LogP contribution in [0.2, 0.25) is 0 Å². The highest BCUT2D eigenvalue weighted by atomic mass is 16.3. The van der Waals surface area contributed by atoms with E-state index < -0.39 is 0 Å². The first-order valence-electron chi connectivity index (χ1n) is 20.1. The van der Waals surface area contributed by atoms with Crippen LogP contribution in [0.1, 0.15) is 0 Å². The SMILES string of the molecule is c1ccc2c(c1)ccc1c(-c3cccc4c3oc3ccccc34)nc(-n3c4ccccc4c4cc(-c5ccc6c(c5)c5cccc7c8ccccc8n6c75)ccc43)nc12. The van der Waals surface area contributed by atoms with Gasteiger partial charge in [0.2, 0.25) is 5.95 Å². The van der Waals surface area contributed by atoms with E-state index in [0.717, 1.165) is 76.7 Å². The smallest absolute Gasteiger partial charge is 0.235 e. The molecule has 0 bridgehead atoms. The first-order valence-corrected chi connectivity index (χ1v) is 20.1. The van der Waals surface area contributed by atoms with Crippen LogP contribution < -0.4 is 0 Å². The second-order valence-electron chi connectivity index (χ2n) is 15.7. The number of hydrogen-bond acceptors (Lipinski definition) is 3. The molecule has 0 atom stereocenters. The van der Waals surface area contributed by atoms with Crippen LogP contribution in [-0.4, -0.2) is 18.9 Å². The summed E-state index contributed by atoms with van der Waals surface area (Å²) in [6.45, 7) is 0. The van der Waals surface area contributed by atoms with Crippen molar-refractivity contribution >= 4 is 104 Å². The van der Waals surface area contributed by atoms with Crippen LogP contribution in [0.3, 0.4) is 0 Å². The highest BCUT2D eigenvalue weighted by Gasteiger charge is 2.22. The molecule has 0 aliphatic rings. The van der Waals surface area contributed by atoms with Crippen LogP contribution in [0, 0.1) is 0 Å². The molecule has 5 heterocycles. The van der Waals surface area contributed by atoms with Gasteiger partial charge in [-0.3, -0.25) is 4.57 Å². The highest BCUT2D eigenvalue weighted by Crippen LogP contribution is 2.43. The van der Waals surface area contributed by atoms with Crippen molar-refractivity contribution < 1.29 is 4.42 Å². The van der Waals surface area contributed by atoms with Gasteiger partial charge in [-0.15, -0.1) is 0 Å². The standard InChI is InChI=1S/C54H30N4O/c1-2-12-34-31(11-1)23-26-41-50(34)55-54(56-51(41)42-19-10-18-40-37-15-5-8-22-49(37)59-53(40)42)58-46-21-7-4-14-36(46)43-29-32(25-28-48(43)58)33-24-27-47-44(30-33)39-17-9-16-38-35-13-3-6-20-45(35)57(47)52(38)39/h1-30H. The summed E-state index contributed by atoms with van der Waals surface area (Å²) in [5, 5.41) is 12.8. The second-order valence-corrected chi connectivity index (χ2v) is 15.7. The molecule has 5 heteroatoms. The molecular weight excluding hydrogens is 721 g/mol. The van der Waals surface area contributed by atoms with Crippen molar-refractivity contribution in [1.82, 2.24) is 18.9 Å². The Bertz CT molecular complexity index is 4090. The van der Waals surface area contributed by atoms with Crippen LogP contribution in [0.15, 0.2) is 186 Å². The largest absolute Gasteiger partial charge is 0.455 e. The van der Waals surface area contributed by atoms with Crippen molar-refractivity contribution in [2.24, 2.45) is 0 Å². The van der Waals surface area contributed by atoms with Gasteiger partial charge in [-0.25, -0.2) is 9.97 Å². The number of rotatable bonds is 3. The van der Waals surface area contributed by atoms with Gasteiger partial charge in [0.25, 0.3) is 0 Å². The Labute approximate surface area is 335 Å². The van der Waals surface area contributed by atoms with Crippen molar-refractivity contribution in [3.05, 3.63) is 182 Å². The number of hydrogen-bond donors (Lipinski definition) is 0. The Hall–Kier alpha value is -8.02. The molecule has 0 radical (unpaired) electrons. The maximum atomic E-state index is 6.61. The molecule has 5 aromatic heterocycles. The van der Waals surface area contributed by atoms with Crippen LogP contribution >= 0.6 is 0 Å². The molecule has 0 amide bonds. The van der Waals surface area contributed by atoms with E-state index in [9.17, 15) is 0 Å². The fraction of sp³-hybridized carbons (Fsp3) is 0. The van der Waals surface area contributed by atoms with Crippen LogP contribution in [-0.2, 0) is 0 Å². The van der Waals surface area contributed by atoms with E-state index in [0.29, 0.717) is 5.95 Å². The van der Waals surface area contributed by atoms with E-state index in [-0.39, 0.29) is 0 Å². The predicted octanol–water partition coefficient (Wildman–Crippen LogP) is 14.3. The number of nitrogens with zero attached hydrogens (tertiary/aromatic N) is 4. The van der Waals surface area contributed by atoms with Crippen molar-refractivity contribution in [2.75, 3.05) is 0 Å². The summed E-state index contributed by atoms with van der Waals surface area (Å²) in [5.74, 6) is 0.621. The first-order chi connectivity index (χ1) is 29.3. The van der Waals surface area contributed by atoms with Gasteiger partial charge in [-0.1, -0.05) is 127 Å². The predicted molar refractivity (Wildman–Crippen MR) is 244 cm³/mol. The Morgan fingerprint density at radius 1 is 0.390 bits per heavy atom. The van der Waals surface area contributed by atoms with E-state index in [1.54, 1.807) is 0 Å². The summed E-state index contributed by atoms with van der Waals surface area (Å²) in [7, 11) is 0. The van der Waals surface area contributed by atoms with Crippen molar-refractivity contribution in [1.29, 1.82) is 0 Å². The van der Waals surface area contributed by atoms with E-state index in [2.05, 4.69) is 179 Å². The minimum atomic E-state index is 0.621. The average Bonchev–Trinajstić information content (AvgIpc) is 4.04. The molecule has 0 aliphatic carbocycles. The summed E-state index contributed by atoms with van der Waals surface area (Å²) in [4.78, 5) is 11.0. The van der Waals surface area contributed by atoms with Crippen molar-refractivity contribution in [3.8, 4) is 28.3 Å². The lowest BCUT2D eigenvalue weighted by Crippen LogP contribution is -2.04. The zero-order valence-corrected chi connectivity index (χ0v) is 31.5. The third kappa shape index (κ3) is 4.13. The average molecular weight is 751 g/mol. The lowest BCUT2D eigenvalue weighted by Gasteiger charge is -2.13. The van der Waals surface area contributed by atoms with E-state index in [1.807, 2.05) is 12.1 Å². The van der Waals surface area contributed by atoms with Crippen LogP contribution in [0.5, 0.6) is 0 Å². The maximum absolute atomic E-state index is 6.61. The number of para-hydroxylation sites is 5. The van der Waals surface area contributed by atoms with Gasteiger partial charge >= 0.3 is 0 Å². The number of furan rings is 1. The lowest BCUT2D eigenvalue weighted by atomic mass is 10.00. The Morgan fingerprint density at radius 2 is 0.983 bits per heavy atom. The Kier molecular flexibility index (Phi) is 5.96. The zero-order chi connectivity index (χ0) is 38.3. The molecular formula is C54H30N4O. The van der Waals surface area contributed by atoms with Gasteiger partial charge in [0, 0.05) is 59.4 Å². The summed E-state index contributed by atoms with van der Waals surface area (Å²) in [6.07, 6.45) is 0. The molecule has 14 rings (SSSR count). The van der Waals surface area contributed by atoms with E-state index in [1.165, 1.54) is 49.2 Å². The van der Waals surface area contributed by atoms with Gasteiger partial charge in [0.15, 0.2) is 0 Å². The highest BCUT2D eigenvalue weighted by molar-refractivity contribution is 6.24. The molecule has 9 aromatic carbocycles. The number of benzene rings is 9. The second kappa shape index (κ2) is 11.3. The zero-order valence-electron chi connectivity index (χ0n) is 31.5.